The molecule has 170 valence electrons. The second-order valence-electron chi connectivity index (χ2n) is 8.16. The summed E-state index contributed by atoms with van der Waals surface area (Å²) in [5.74, 6) is -0.125. The molecule has 0 saturated heterocycles. The maximum absolute atomic E-state index is 10.5. The van der Waals surface area contributed by atoms with Crippen LogP contribution in [0.4, 0.5) is 5.69 Å². The zero-order chi connectivity index (χ0) is 23.7. The molecule has 1 unspecified atom stereocenters. The fourth-order valence-electron chi connectivity index (χ4n) is 4.16. The monoisotopic (exact) mass is 452 g/mol. The van der Waals surface area contributed by atoms with Crippen LogP contribution in [0.2, 0.25) is 0 Å². The Hall–Kier alpha value is -4.36. The Morgan fingerprint density at radius 2 is 1.71 bits per heavy atom. The number of fused-ring (bicyclic) bond motifs is 1. The predicted octanol–water partition coefficient (Wildman–Crippen LogP) is 5.16. The van der Waals surface area contributed by atoms with Gasteiger partial charge in [0, 0.05) is 16.6 Å². The Balaban J connectivity index is 1.66. The molecule has 0 radical (unpaired) electrons. The lowest BCUT2D eigenvalue weighted by Crippen LogP contribution is -2.15. The van der Waals surface area contributed by atoms with E-state index in [1.165, 1.54) is 12.1 Å². The zero-order valence-corrected chi connectivity index (χ0v) is 18.5. The van der Waals surface area contributed by atoms with E-state index in [0.29, 0.717) is 16.9 Å². The van der Waals surface area contributed by atoms with Gasteiger partial charge in [-0.25, -0.2) is 0 Å². The number of aliphatic hydroxyl groups excluding tert-OH is 1. The van der Waals surface area contributed by atoms with Crippen LogP contribution in [-0.2, 0) is 0 Å². The van der Waals surface area contributed by atoms with E-state index in [4.69, 9.17) is 0 Å². The highest BCUT2D eigenvalue weighted by atomic mass is 16.3. The Morgan fingerprint density at radius 1 is 0.941 bits per heavy atom. The van der Waals surface area contributed by atoms with E-state index in [1.807, 2.05) is 61.5 Å². The van der Waals surface area contributed by atoms with Crippen LogP contribution < -0.4 is 5.32 Å². The Morgan fingerprint density at radius 3 is 2.44 bits per heavy atom. The average Bonchev–Trinajstić information content (AvgIpc) is 3.23. The highest BCUT2D eigenvalue weighted by molar-refractivity contribution is 5.92. The summed E-state index contributed by atoms with van der Waals surface area (Å²) in [6.07, 6.45) is 1.64. The lowest BCUT2D eigenvalue weighted by molar-refractivity contribution is 0.276. The number of hydrogen-bond acceptors (Lipinski definition) is 6. The molecule has 5 rings (SSSR count). The van der Waals surface area contributed by atoms with E-state index in [9.17, 15) is 15.3 Å². The van der Waals surface area contributed by atoms with Crippen molar-refractivity contribution in [2.24, 2.45) is 0 Å². The molecule has 2 heterocycles. The van der Waals surface area contributed by atoms with Gasteiger partial charge in [-0.2, -0.15) is 5.10 Å². The molecule has 3 aromatic carbocycles. The van der Waals surface area contributed by atoms with Crippen LogP contribution >= 0.6 is 0 Å². The van der Waals surface area contributed by atoms with Crippen molar-refractivity contribution in [2.75, 3.05) is 11.9 Å². The van der Waals surface area contributed by atoms with E-state index in [1.54, 1.807) is 12.3 Å². The summed E-state index contributed by atoms with van der Waals surface area (Å²) in [4.78, 5) is 4.63. The maximum atomic E-state index is 10.5. The molecule has 7 heteroatoms. The van der Waals surface area contributed by atoms with Crippen LogP contribution in [0.3, 0.4) is 0 Å². The van der Waals surface area contributed by atoms with Crippen LogP contribution in [-0.4, -0.2) is 37.1 Å². The molecule has 5 aromatic rings. The van der Waals surface area contributed by atoms with E-state index in [2.05, 4.69) is 20.5 Å². The number of aromatic nitrogens is 3. The number of phenolic OH excluding ortho intramolecular Hbond substituents is 2. The summed E-state index contributed by atoms with van der Waals surface area (Å²) >= 11 is 0. The minimum absolute atomic E-state index is 0.0625. The molecule has 2 aromatic heterocycles. The summed E-state index contributed by atoms with van der Waals surface area (Å²) in [6.45, 7) is 1.86. The van der Waals surface area contributed by atoms with Crippen molar-refractivity contribution in [1.29, 1.82) is 0 Å². The van der Waals surface area contributed by atoms with Crippen LogP contribution in [0.1, 0.15) is 17.3 Å². The van der Waals surface area contributed by atoms with Crippen molar-refractivity contribution in [3.8, 4) is 33.9 Å². The van der Waals surface area contributed by atoms with E-state index >= 15 is 0 Å². The van der Waals surface area contributed by atoms with E-state index in [-0.39, 0.29) is 29.7 Å². The number of nitrogens with zero attached hydrogens (tertiary/aromatic N) is 2. The van der Waals surface area contributed by atoms with Crippen molar-refractivity contribution in [3.63, 3.8) is 0 Å². The number of rotatable bonds is 6. The first kappa shape index (κ1) is 21.5. The summed E-state index contributed by atoms with van der Waals surface area (Å²) < 4.78 is 0. The average molecular weight is 453 g/mol. The summed E-state index contributed by atoms with van der Waals surface area (Å²) in [5.41, 5.74) is 5.71. The zero-order valence-electron chi connectivity index (χ0n) is 18.5. The second-order valence-corrected chi connectivity index (χ2v) is 8.16. The predicted molar refractivity (Wildman–Crippen MR) is 133 cm³/mol. The van der Waals surface area contributed by atoms with Crippen molar-refractivity contribution in [3.05, 3.63) is 90.3 Å². The highest BCUT2D eigenvalue weighted by Crippen LogP contribution is 2.42. The SMILES string of the molecule is Cc1[nH]nc2ccc(-c3cc(NC(CO)c4ccccc4)cnc3-c3c(O)cccc3O)cc12. The van der Waals surface area contributed by atoms with Crippen molar-refractivity contribution in [1.82, 2.24) is 15.2 Å². The topological polar surface area (TPSA) is 114 Å². The molecule has 34 heavy (non-hydrogen) atoms. The number of aromatic hydroxyl groups is 2. The Bertz CT molecular complexity index is 1440. The van der Waals surface area contributed by atoms with Gasteiger partial charge in [-0.3, -0.25) is 10.1 Å². The van der Waals surface area contributed by atoms with Gasteiger partial charge in [0.05, 0.1) is 41.3 Å². The largest absolute Gasteiger partial charge is 0.507 e. The van der Waals surface area contributed by atoms with Gasteiger partial charge in [0.1, 0.15) is 11.5 Å². The lowest BCUT2D eigenvalue weighted by atomic mass is 9.96. The number of hydrogen-bond donors (Lipinski definition) is 5. The fraction of sp³-hybridized carbons (Fsp3) is 0.111. The molecular weight excluding hydrogens is 428 g/mol. The minimum atomic E-state index is -0.321. The van der Waals surface area contributed by atoms with Crippen molar-refractivity contribution >= 4 is 16.6 Å². The van der Waals surface area contributed by atoms with Gasteiger partial charge < -0.3 is 20.6 Å². The van der Waals surface area contributed by atoms with Crippen LogP contribution in [0.15, 0.2) is 79.0 Å². The maximum Gasteiger partial charge on any atom is 0.128 e. The standard InChI is InChI=1S/C27H24N4O3/c1-16-20-12-18(10-11-22(20)31-30-16)21-13-19(29-23(15-32)17-6-3-2-4-7-17)14-28-27(21)26-24(33)8-5-9-25(26)34/h2-14,23,29,32-34H,15H2,1H3,(H,30,31). The molecule has 1 atom stereocenters. The quantitative estimate of drug-likeness (QED) is 0.243. The summed E-state index contributed by atoms with van der Waals surface area (Å²) in [7, 11) is 0. The molecule has 0 aliphatic heterocycles. The molecule has 0 bridgehead atoms. The first-order valence-corrected chi connectivity index (χ1v) is 10.9. The summed E-state index contributed by atoms with van der Waals surface area (Å²) in [6, 6.07) is 21.8. The minimum Gasteiger partial charge on any atom is -0.507 e. The molecule has 0 saturated carbocycles. The van der Waals surface area contributed by atoms with Gasteiger partial charge in [-0.15, -0.1) is 0 Å². The number of anilines is 1. The molecule has 0 spiro atoms. The normalized spacial score (nSPS) is 12.1. The van der Waals surface area contributed by atoms with Crippen LogP contribution in [0.5, 0.6) is 11.5 Å². The number of pyridine rings is 1. The van der Waals surface area contributed by atoms with Gasteiger partial charge in [0.2, 0.25) is 0 Å². The molecule has 0 aliphatic rings. The third-order valence-electron chi connectivity index (χ3n) is 5.93. The van der Waals surface area contributed by atoms with Crippen molar-refractivity contribution in [2.45, 2.75) is 13.0 Å². The Kier molecular flexibility index (Phi) is 5.61. The molecule has 7 nitrogen and oxygen atoms in total. The number of aromatic amines is 1. The fourth-order valence-corrected chi connectivity index (χ4v) is 4.16. The molecule has 5 N–H and O–H groups in total. The first-order chi connectivity index (χ1) is 16.5. The van der Waals surface area contributed by atoms with Gasteiger partial charge in [-0.1, -0.05) is 42.5 Å². The third-order valence-corrected chi connectivity index (χ3v) is 5.93. The van der Waals surface area contributed by atoms with Gasteiger partial charge in [0.25, 0.3) is 0 Å². The second kappa shape index (κ2) is 8.88. The van der Waals surface area contributed by atoms with E-state index < -0.39 is 0 Å². The van der Waals surface area contributed by atoms with Gasteiger partial charge >= 0.3 is 0 Å². The summed E-state index contributed by atoms with van der Waals surface area (Å²) in [5, 5.41) is 42.7. The molecular formula is C27H24N4O3. The molecule has 0 fully saturated rings. The number of aliphatic hydroxyl groups is 1. The molecule has 0 aliphatic carbocycles. The highest BCUT2D eigenvalue weighted by Gasteiger charge is 2.19. The number of phenols is 2. The smallest absolute Gasteiger partial charge is 0.128 e. The van der Waals surface area contributed by atoms with Crippen LogP contribution in [0.25, 0.3) is 33.3 Å². The van der Waals surface area contributed by atoms with E-state index in [0.717, 1.165) is 27.7 Å². The van der Waals surface area contributed by atoms with Crippen LogP contribution in [0, 0.1) is 6.92 Å². The van der Waals surface area contributed by atoms with Gasteiger partial charge in [0.15, 0.2) is 0 Å². The number of aryl methyl sites for hydroxylation is 1. The lowest BCUT2D eigenvalue weighted by Gasteiger charge is -2.20. The Labute approximate surface area is 196 Å². The van der Waals surface area contributed by atoms with Gasteiger partial charge in [-0.05, 0) is 48.4 Å². The van der Waals surface area contributed by atoms with Crippen molar-refractivity contribution < 1.29 is 15.3 Å². The number of nitrogens with one attached hydrogen (secondary N) is 2. The number of benzene rings is 3. The third kappa shape index (κ3) is 3.93. The first-order valence-electron chi connectivity index (χ1n) is 10.9. The number of H-pyrrole nitrogens is 1. The molecule has 0 amide bonds.